The molecule has 0 saturated carbocycles. The average molecular weight is 248 g/mol. The maximum absolute atomic E-state index is 11.9. The lowest BCUT2D eigenvalue weighted by Crippen LogP contribution is -2.38. The largest absolute Gasteiger partial charge is 0.320 e. The number of hydrogen-bond donors (Lipinski definition) is 1. The Morgan fingerprint density at radius 2 is 2.06 bits per heavy atom. The molecule has 2 atom stereocenters. The van der Waals surface area contributed by atoms with Gasteiger partial charge in [0.25, 0.3) is 5.91 Å². The van der Waals surface area contributed by atoms with E-state index in [0.29, 0.717) is 18.9 Å². The van der Waals surface area contributed by atoms with Crippen LogP contribution in [0.3, 0.4) is 0 Å². The van der Waals surface area contributed by atoms with Gasteiger partial charge in [-0.3, -0.25) is 9.63 Å². The van der Waals surface area contributed by atoms with Crippen molar-refractivity contribution in [2.75, 3.05) is 0 Å². The minimum Gasteiger partial charge on any atom is -0.320 e. The standard InChI is InChI=1S/C14H20N2O2/c1-10(2)13-8-12(15)14(17)16(13)18-9-11-6-4-3-5-7-11/h3-7,10,12-13H,8-9,15H2,1-2H3/t12-,13-/m0/s1. The molecule has 0 radical (unpaired) electrons. The highest BCUT2D eigenvalue weighted by atomic mass is 16.7. The molecule has 1 saturated heterocycles. The van der Waals surface area contributed by atoms with E-state index in [0.717, 1.165) is 5.56 Å². The van der Waals surface area contributed by atoms with Crippen LogP contribution in [0.5, 0.6) is 0 Å². The first-order valence-corrected chi connectivity index (χ1v) is 6.35. The Bertz CT molecular complexity index is 406. The van der Waals surface area contributed by atoms with Crippen LogP contribution in [0.25, 0.3) is 0 Å². The van der Waals surface area contributed by atoms with Crippen LogP contribution in [-0.2, 0) is 16.2 Å². The first-order valence-electron chi connectivity index (χ1n) is 6.35. The van der Waals surface area contributed by atoms with Crippen LogP contribution >= 0.6 is 0 Å². The summed E-state index contributed by atoms with van der Waals surface area (Å²) in [7, 11) is 0. The summed E-state index contributed by atoms with van der Waals surface area (Å²) in [5.41, 5.74) is 6.84. The van der Waals surface area contributed by atoms with Gasteiger partial charge in [0.05, 0.1) is 12.1 Å². The molecule has 1 aromatic rings. The summed E-state index contributed by atoms with van der Waals surface area (Å²) in [4.78, 5) is 17.6. The second-order valence-corrected chi connectivity index (χ2v) is 5.08. The van der Waals surface area contributed by atoms with Crippen LogP contribution in [-0.4, -0.2) is 23.1 Å². The van der Waals surface area contributed by atoms with Crippen LogP contribution in [0.1, 0.15) is 25.8 Å². The summed E-state index contributed by atoms with van der Waals surface area (Å²) in [5.74, 6) is 0.239. The fourth-order valence-corrected chi connectivity index (χ4v) is 2.20. The van der Waals surface area contributed by atoms with Crippen molar-refractivity contribution in [3.05, 3.63) is 35.9 Å². The van der Waals surface area contributed by atoms with Crippen molar-refractivity contribution in [3.8, 4) is 0 Å². The maximum Gasteiger partial charge on any atom is 0.263 e. The molecule has 18 heavy (non-hydrogen) atoms. The molecule has 0 spiro atoms. The molecule has 1 heterocycles. The van der Waals surface area contributed by atoms with Crippen LogP contribution in [0.15, 0.2) is 30.3 Å². The second-order valence-electron chi connectivity index (χ2n) is 5.08. The molecule has 2 rings (SSSR count). The molecule has 4 nitrogen and oxygen atoms in total. The summed E-state index contributed by atoms with van der Waals surface area (Å²) in [5, 5.41) is 1.47. The number of hydroxylamine groups is 2. The Balaban J connectivity index is 2.00. The van der Waals surface area contributed by atoms with Gasteiger partial charge in [0, 0.05) is 0 Å². The Labute approximate surface area is 108 Å². The summed E-state index contributed by atoms with van der Waals surface area (Å²) >= 11 is 0. The van der Waals surface area contributed by atoms with Gasteiger partial charge < -0.3 is 5.73 Å². The third-order valence-electron chi connectivity index (χ3n) is 3.31. The van der Waals surface area contributed by atoms with Gasteiger partial charge in [-0.25, -0.2) is 5.06 Å². The molecule has 0 unspecified atom stereocenters. The predicted molar refractivity (Wildman–Crippen MR) is 69.3 cm³/mol. The lowest BCUT2D eigenvalue weighted by Gasteiger charge is -2.26. The van der Waals surface area contributed by atoms with Crippen molar-refractivity contribution in [3.63, 3.8) is 0 Å². The molecule has 0 aromatic heterocycles. The van der Waals surface area contributed by atoms with Crippen molar-refractivity contribution >= 4 is 5.91 Å². The monoisotopic (exact) mass is 248 g/mol. The number of nitrogens with two attached hydrogens (primary N) is 1. The molecule has 4 heteroatoms. The van der Waals surface area contributed by atoms with E-state index < -0.39 is 6.04 Å². The summed E-state index contributed by atoms with van der Waals surface area (Å²) < 4.78 is 0. The fraction of sp³-hybridized carbons (Fsp3) is 0.500. The van der Waals surface area contributed by atoms with Gasteiger partial charge in [0.15, 0.2) is 0 Å². The minimum absolute atomic E-state index is 0.0798. The zero-order valence-corrected chi connectivity index (χ0v) is 10.9. The van der Waals surface area contributed by atoms with Gasteiger partial charge in [0.2, 0.25) is 0 Å². The third-order valence-corrected chi connectivity index (χ3v) is 3.31. The summed E-state index contributed by atoms with van der Waals surface area (Å²) in [6.07, 6.45) is 0.672. The number of amides is 1. The molecule has 1 amide bonds. The fourth-order valence-electron chi connectivity index (χ4n) is 2.20. The quantitative estimate of drug-likeness (QED) is 0.882. The molecule has 1 aliphatic heterocycles. The first-order chi connectivity index (χ1) is 8.59. The Morgan fingerprint density at radius 1 is 1.39 bits per heavy atom. The molecular weight excluding hydrogens is 228 g/mol. The minimum atomic E-state index is -0.423. The van der Waals surface area contributed by atoms with Crippen LogP contribution in [0.4, 0.5) is 0 Å². The summed E-state index contributed by atoms with van der Waals surface area (Å²) in [6, 6.07) is 9.48. The normalized spacial score (nSPS) is 24.0. The van der Waals surface area contributed by atoms with Crippen LogP contribution < -0.4 is 5.73 Å². The Kier molecular flexibility index (Phi) is 3.99. The number of carbonyl (C=O) groups is 1. The summed E-state index contributed by atoms with van der Waals surface area (Å²) in [6.45, 7) is 4.56. The van der Waals surface area contributed by atoms with E-state index in [1.54, 1.807) is 0 Å². The zero-order valence-electron chi connectivity index (χ0n) is 10.9. The highest BCUT2D eigenvalue weighted by Gasteiger charge is 2.40. The van der Waals surface area contributed by atoms with Crippen molar-refractivity contribution < 1.29 is 9.63 Å². The van der Waals surface area contributed by atoms with Gasteiger partial charge in [-0.2, -0.15) is 0 Å². The van der Waals surface area contributed by atoms with E-state index in [9.17, 15) is 4.79 Å². The van der Waals surface area contributed by atoms with E-state index in [1.807, 2.05) is 30.3 Å². The molecule has 0 bridgehead atoms. The number of carbonyl (C=O) groups excluding carboxylic acids is 1. The molecule has 1 fully saturated rings. The number of benzene rings is 1. The molecule has 0 aliphatic carbocycles. The molecular formula is C14H20N2O2. The van der Waals surface area contributed by atoms with E-state index in [1.165, 1.54) is 5.06 Å². The highest BCUT2D eigenvalue weighted by Crippen LogP contribution is 2.25. The van der Waals surface area contributed by atoms with Gasteiger partial charge in [-0.05, 0) is 17.9 Å². The maximum atomic E-state index is 11.9. The number of hydrogen-bond acceptors (Lipinski definition) is 3. The number of nitrogens with zero attached hydrogens (tertiary/aromatic N) is 1. The topological polar surface area (TPSA) is 55.6 Å². The van der Waals surface area contributed by atoms with Crippen LogP contribution in [0.2, 0.25) is 0 Å². The Hall–Kier alpha value is -1.39. The van der Waals surface area contributed by atoms with Crippen molar-refractivity contribution in [1.29, 1.82) is 0 Å². The number of rotatable bonds is 4. The van der Waals surface area contributed by atoms with Gasteiger partial charge >= 0.3 is 0 Å². The second kappa shape index (κ2) is 5.50. The molecule has 1 aromatic carbocycles. The smallest absolute Gasteiger partial charge is 0.263 e. The van der Waals surface area contributed by atoms with E-state index in [-0.39, 0.29) is 11.9 Å². The van der Waals surface area contributed by atoms with Gasteiger partial charge in [0.1, 0.15) is 6.61 Å². The van der Waals surface area contributed by atoms with E-state index in [4.69, 9.17) is 10.6 Å². The lowest BCUT2D eigenvalue weighted by molar-refractivity contribution is -0.199. The first kappa shape index (κ1) is 13.1. The SMILES string of the molecule is CC(C)[C@@H]1C[C@H](N)C(=O)N1OCc1ccccc1. The van der Waals surface area contributed by atoms with Gasteiger partial charge in [-0.1, -0.05) is 44.2 Å². The van der Waals surface area contributed by atoms with Crippen molar-refractivity contribution in [2.45, 2.75) is 39.0 Å². The molecule has 1 aliphatic rings. The Morgan fingerprint density at radius 3 is 2.67 bits per heavy atom. The molecule has 2 N–H and O–H groups in total. The molecule has 98 valence electrons. The predicted octanol–water partition coefficient (Wildman–Crippen LogP) is 1.70. The van der Waals surface area contributed by atoms with E-state index in [2.05, 4.69) is 13.8 Å². The average Bonchev–Trinajstić information content (AvgIpc) is 2.65. The lowest BCUT2D eigenvalue weighted by atomic mass is 10.0. The third kappa shape index (κ3) is 2.71. The van der Waals surface area contributed by atoms with Crippen molar-refractivity contribution in [2.24, 2.45) is 11.7 Å². The highest BCUT2D eigenvalue weighted by molar-refractivity contribution is 5.83. The van der Waals surface area contributed by atoms with E-state index >= 15 is 0 Å². The van der Waals surface area contributed by atoms with Crippen molar-refractivity contribution in [1.82, 2.24) is 5.06 Å². The zero-order chi connectivity index (χ0) is 13.1. The van der Waals surface area contributed by atoms with Crippen LogP contribution in [0, 0.1) is 5.92 Å². The van der Waals surface area contributed by atoms with Gasteiger partial charge in [-0.15, -0.1) is 0 Å².